The minimum atomic E-state index is -0.545. The summed E-state index contributed by atoms with van der Waals surface area (Å²) in [5, 5.41) is 21.1. The maximum atomic E-state index is 12.9. The van der Waals surface area contributed by atoms with Crippen LogP contribution in [0, 0.1) is 6.92 Å². The van der Waals surface area contributed by atoms with Gasteiger partial charge in [0.05, 0.1) is 24.9 Å². The van der Waals surface area contributed by atoms with Gasteiger partial charge in [-0.1, -0.05) is 23.7 Å². The number of nitrogens with zero attached hydrogens (tertiary/aromatic N) is 4. The van der Waals surface area contributed by atoms with E-state index in [-0.39, 0.29) is 18.9 Å². The van der Waals surface area contributed by atoms with Gasteiger partial charge < -0.3 is 19.9 Å². The third-order valence-electron chi connectivity index (χ3n) is 5.86. The number of carbonyl (C=O) groups is 1. The molecule has 1 aromatic heterocycles. The maximum Gasteiger partial charge on any atom is 0.222 e. The van der Waals surface area contributed by atoms with Crippen LogP contribution in [0.3, 0.4) is 0 Å². The third-order valence-corrected chi connectivity index (χ3v) is 6.12. The van der Waals surface area contributed by atoms with Gasteiger partial charge in [0, 0.05) is 42.5 Å². The minimum absolute atomic E-state index is 0.109. The lowest BCUT2D eigenvalue weighted by atomic mass is 10.00. The van der Waals surface area contributed by atoms with Gasteiger partial charge in [0.25, 0.3) is 0 Å². The molecule has 10 heteroatoms. The summed E-state index contributed by atoms with van der Waals surface area (Å²) in [7, 11) is 1.62. The Kier molecular flexibility index (Phi) is 8.69. The molecule has 36 heavy (non-hydrogen) atoms. The standard InChI is InChI=1S/C26H30ClN5O4/c1-17-30-31-26-22(16-24(34)28-11-3-13-36-14-4-12-33)29-25(18-5-7-19(27)8-6-18)21-15-20(35-2)9-10-23(21)32(17)26/h5-10,15,22,33H,3-4,11-14,16H2,1-2H3,(H,28,34). The Labute approximate surface area is 215 Å². The second-order valence-electron chi connectivity index (χ2n) is 8.42. The first-order valence-electron chi connectivity index (χ1n) is 11.9. The van der Waals surface area contributed by atoms with Crippen LogP contribution >= 0.6 is 11.6 Å². The molecule has 4 rings (SSSR count). The number of halogens is 1. The third kappa shape index (κ3) is 5.92. The molecule has 0 bridgehead atoms. The number of fused-ring (bicyclic) bond motifs is 3. The van der Waals surface area contributed by atoms with Crippen molar-refractivity contribution in [3.8, 4) is 11.4 Å². The van der Waals surface area contributed by atoms with Gasteiger partial charge in [0.15, 0.2) is 5.82 Å². The lowest BCUT2D eigenvalue weighted by molar-refractivity contribution is -0.121. The Balaban J connectivity index is 1.63. The highest BCUT2D eigenvalue weighted by molar-refractivity contribution is 6.30. The number of aliphatic imine (C=N–C) groups is 1. The number of aliphatic hydroxyl groups is 1. The zero-order valence-corrected chi connectivity index (χ0v) is 21.2. The van der Waals surface area contributed by atoms with Crippen LogP contribution in [0.1, 0.15) is 48.1 Å². The molecule has 9 nitrogen and oxygen atoms in total. The highest BCUT2D eigenvalue weighted by Crippen LogP contribution is 2.34. The molecule has 1 amide bonds. The van der Waals surface area contributed by atoms with Crippen molar-refractivity contribution in [2.45, 2.75) is 32.2 Å². The lowest BCUT2D eigenvalue weighted by Gasteiger charge is -2.14. The molecule has 1 aliphatic rings. The summed E-state index contributed by atoms with van der Waals surface area (Å²) < 4.78 is 12.9. The van der Waals surface area contributed by atoms with E-state index in [1.54, 1.807) is 7.11 Å². The first kappa shape index (κ1) is 25.8. The van der Waals surface area contributed by atoms with E-state index in [2.05, 4.69) is 15.5 Å². The van der Waals surface area contributed by atoms with E-state index < -0.39 is 6.04 Å². The summed E-state index contributed by atoms with van der Waals surface area (Å²) in [4.78, 5) is 17.9. The van der Waals surface area contributed by atoms with E-state index in [1.165, 1.54) is 0 Å². The Morgan fingerprint density at radius 1 is 1.14 bits per heavy atom. The normalized spacial score (nSPS) is 14.4. The molecule has 0 saturated carbocycles. The van der Waals surface area contributed by atoms with Crippen LogP contribution in [0.5, 0.6) is 5.75 Å². The number of methoxy groups -OCH3 is 1. The van der Waals surface area contributed by atoms with Crippen molar-refractivity contribution >= 4 is 23.2 Å². The Morgan fingerprint density at radius 3 is 2.67 bits per heavy atom. The SMILES string of the molecule is COc1ccc2c(c1)C(c1ccc(Cl)cc1)=NC(CC(=O)NCCCOCCCO)c1nnc(C)n1-2. The number of hydrogen-bond donors (Lipinski definition) is 2. The highest BCUT2D eigenvalue weighted by Gasteiger charge is 2.30. The van der Waals surface area contributed by atoms with E-state index in [1.807, 2.05) is 54.0 Å². The Hall–Kier alpha value is -3.27. The van der Waals surface area contributed by atoms with Gasteiger partial charge in [0.1, 0.15) is 17.6 Å². The average molecular weight is 512 g/mol. The number of hydrogen-bond acceptors (Lipinski definition) is 7. The minimum Gasteiger partial charge on any atom is -0.497 e. The molecule has 1 aliphatic heterocycles. The van der Waals surface area contributed by atoms with Gasteiger partial charge in [-0.25, -0.2) is 0 Å². The van der Waals surface area contributed by atoms with E-state index in [9.17, 15) is 4.79 Å². The van der Waals surface area contributed by atoms with Crippen LogP contribution in [0.2, 0.25) is 5.02 Å². The molecule has 2 N–H and O–H groups in total. The van der Waals surface area contributed by atoms with E-state index in [4.69, 9.17) is 31.2 Å². The van der Waals surface area contributed by atoms with Crippen molar-refractivity contribution in [3.63, 3.8) is 0 Å². The van der Waals surface area contributed by atoms with Gasteiger partial charge in [-0.15, -0.1) is 10.2 Å². The molecule has 1 atom stereocenters. The Morgan fingerprint density at radius 2 is 1.92 bits per heavy atom. The van der Waals surface area contributed by atoms with Crippen molar-refractivity contribution in [2.75, 3.05) is 33.5 Å². The number of benzene rings is 2. The fourth-order valence-corrected chi connectivity index (χ4v) is 4.22. The van der Waals surface area contributed by atoms with Gasteiger partial charge >= 0.3 is 0 Å². The predicted molar refractivity (Wildman–Crippen MR) is 137 cm³/mol. The Bertz CT molecular complexity index is 1230. The highest BCUT2D eigenvalue weighted by atomic mass is 35.5. The van der Waals surface area contributed by atoms with Gasteiger partial charge in [0.2, 0.25) is 5.91 Å². The number of aryl methyl sites for hydroxylation is 1. The van der Waals surface area contributed by atoms with Gasteiger partial charge in [-0.2, -0.15) is 0 Å². The number of carbonyl (C=O) groups excluding carboxylic acids is 1. The largest absolute Gasteiger partial charge is 0.497 e. The number of aromatic nitrogens is 3. The first-order chi connectivity index (χ1) is 17.5. The van der Waals surface area contributed by atoms with Crippen molar-refractivity contribution in [3.05, 3.63) is 70.3 Å². The maximum absolute atomic E-state index is 12.9. The van der Waals surface area contributed by atoms with Gasteiger partial charge in [-0.05, 0) is 50.1 Å². The smallest absolute Gasteiger partial charge is 0.222 e. The van der Waals surface area contributed by atoms with E-state index in [0.29, 0.717) is 55.0 Å². The quantitative estimate of drug-likeness (QED) is 0.382. The molecule has 3 aromatic rings. The van der Waals surface area contributed by atoms with Crippen LogP contribution in [0.4, 0.5) is 0 Å². The van der Waals surface area contributed by atoms with Crippen LogP contribution < -0.4 is 10.1 Å². The van der Waals surface area contributed by atoms with Crippen molar-refractivity contribution in [1.29, 1.82) is 0 Å². The molecule has 0 saturated heterocycles. The second kappa shape index (κ2) is 12.1. The van der Waals surface area contributed by atoms with Crippen LogP contribution in [0.15, 0.2) is 47.5 Å². The topological polar surface area (TPSA) is 111 Å². The van der Waals surface area contributed by atoms with Gasteiger partial charge in [-0.3, -0.25) is 14.4 Å². The predicted octanol–water partition coefficient (Wildman–Crippen LogP) is 3.43. The average Bonchev–Trinajstić information content (AvgIpc) is 3.21. The molecule has 190 valence electrons. The fraction of sp³-hybridized carbons (Fsp3) is 0.385. The molecule has 0 radical (unpaired) electrons. The molecule has 0 spiro atoms. The zero-order valence-electron chi connectivity index (χ0n) is 20.4. The number of aliphatic hydroxyl groups excluding tert-OH is 1. The van der Waals surface area contributed by atoms with E-state index in [0.717, 1.165) is 22.5 Å². The van der Waals surface area contributed by atoms with E-state index >= 15 is 0 Å². The molecular formula is C26H30ClN5O4. The number of nitrogens with one attached hydrogen (secondary N) is 1. The van der Waals surface area contributed by atoms with Crippen LogP contribution in [-0.4, -0.2) is 65.0 Å². The summed E-state index contributed by atoms with van der Waals surface area (Å²) >= 11 is 6.15. The molecule has 2 aromatic carbocycles. The van der Waals surface area contributed by atoms with Crippen LogP contribution in [-0.2, 0) is 9.53 Å². The summed E-state index contributed by atoms with van der Waals surface area (Å²) in [5.41, 5.74) is 3.31. The molecular weight excluding hydrogens is 482 g/mol. The molecule has 0 fully saturated rings. The van der Waals surface area contributed by atoms with Crippen molar-refractivity contribution in [1.82, 2.24) is 20.1 Å². The molecule has 2 heterocycles. The molecule has 0 aliphatic carbocycles. The second-order valence-corrected chi connectivity index (χ2v) is 8.86. The lowest BCUT2D eigenvalue weighted by Crippen LogP contribution is -2.27. The van der Waals surface area contributed by atoms with Crippen molar-refractivity contribution < 1.29 is 19.4 Å². The van der Waals surface area contributed by atoms with Crippen molar-refractivity contribution in [2.24, 2.45) is 4.99 Å². The monoisotopic (exact) mass is 511 g/mol. The molecule has 1 unspecified atom stereocenters. The summed E-state index contributed by atoms with van der Waals surface area (Å²) in [6, 6.07) is 12.7. The summed E-state index contributed by atoms with van der Waals surface area (Å²) in [6.07, 6.45) is 1.41. The first-order valence-corrected chi connectivity index (χ1v) is 12.3. The number of amides is 1. The zero-order chi connectivity index (χ0) is 25.5. The fourth-order valence-electron chi connectivity index (χ4n) is 4.10. The number of ether oxygens (including phenoxy) is 2. The van der Waals surface area contributed by atoms with Crippen LogP contribution in [0.25, 0.3) is 5.69 Å². The summed E-state index contributed by atoms with van der Waals surface area (Å²) in [5.74, 6) is 1.87. The number of rotatable bonds is 11. The summed E-state index contributed by atoms with van der Waals surface area (Å²) in [6.45, 7) is 3.51.